The smallest absolute Gasteiger partial charge is 0.281 e. The highest BCUT2D eigenvalue weighted by Crippen LogP contribution is 2.25. The number of rotatable bonds is 2. The van der Waals surface area contributed by atoms with E-state index in [-0.39, 0.29) is 14.7 Å². The number of pyridine rings is 1. The number of carbonyl (C=O) groups excluding carboxylic acids is 1. The van der Waals surface area contributed by atoms with Gasteiger partial charge >= 0.3 is 0 Å². The van der Waals surface area contributed by atoms with Crippen molar-refractivity contribution >= 4 is 28.9 Å². The van der Waals surface area contributed by atoms with Crippen molar-refractivity contribution in [3.63, 3.8) is 0 Å². The number of hydrogen-bond donors (Lipinski definition) is 0. The van der Waals surface area contributed by atoms with E-state index in [0.29, 0.717) is 6.29 Å². The van der Waals surface area contributed by atoms with Crippen LogP contribution in [0.2, 0.25) is 0 Å². The lowest BCUT2D eigenvalue weighted by Crippen LogP contribution is -2.01. The molecular weight excluding hydrogens is 305 g/mol. The molecule has 0 fully saturated rings. The van der Waals surface area contributed by atoms with E-state index in [1.54, 1.807) is 28.7 Å². The molecule has 0 spiro atoms. The first-order valence-corrected chi connectivity index (χ1v) is 4.51. The van der Waals surface area contributed by atoms with E-state index in [1.807, 2.05) is 0 Å². The maximum atomic E-state index is 12.3. The molecule has 1 aromatic rings. The van der Waals surface area contributed by atoms with Crippen LogP contribution in [0.3, 0.4) is 0 Å². The number of nitriles is 1. The number of carbonyl (C=O) groups is 1. The highest BCUT2D eigenvalue weighted by molar-refractivity contribution is 14.1. The Morgan fingerprint density at radius 2 is 2.29 bits per heavy atom. The molecular formula is C8H3F2IN2O. The highest BCUT2D eigenvalue weighted by atomic mass is 127. The Morgan fingerprint density at radius 1 is 1.64 bits per heavy atom. The van der Waals surface area contributed by atoms with E-state index >= 15 is 0 Å². The molecule has 1 aromatic heterocycles. The van der Waals surface area contributed by atoms with Crippen LogP contribution < -0.4 is 0 Å². The third-order valence-corrected chi connectivity index (χ3v) is 2.68. The average Bonchev–Trinajstić information content (AvgIpc) is 2.17. The molecule has 72 valence electrons. The van der Waals surface area contributed by atoms with Crippen molar-refractivity contribution in [2.24, 2.45) is 0 Å². The number of aromatic nitrogens is 1. The van der Waals surface area contributed by atoms with Gasteiger partial charge in [-0.15, -0.1) is 0 Å². The van der Waals surface area contributed by atoms with Crippen molar-refractivity contribution in [1.29, 1.82) is 5.26 Å². The van der Waals surface area contributed by atoms with Gasteiger partial charge in [0.15, 0.2) is 6.29 Å². The van der Waals surface area contributed by atoms with Crippen LogP contribution in [0.15, 0.2) is 6.20 Å². The topological polar surface area (TPSA) is 53.8 Å². The second-order valence-corrected chi connectivity index (χ2v) is 3.40. The first-order chi connectivity index (χ1) is 6.61. The summed E-state index contributed by atoms with van der Waals surface area (Å²) in [6, 6.07) is 1.61. The zero-order chi connectivity index (χ0) is 10.7. The molecule has 0 saturated heterocycles. The number of aldehydes is 1. The molecule has 0 saturated carbocycles. The van der Waals surface area contributed by atoms with Gasteiger partial charge in [-0.1, -0.05) is 0 Å². The monoisotopic (exact) mass is 308 g/mol. The van der Waals surface area contributed by atoms with E-state index in [1.165, 1.54) is 0 Å². The number of halogens is 3. The molecule has 0 aliphatic carbocycles. The van der Waals surface area contributed by atoms with Gasteiger partial charge in [0.2, 0.25) is 0 Å². The Balaban J connectivity index is 3.45. The summed E-state index contributed by atoms with van der Waals surface area (Å²) in [4.78, 5) is 13.8. The fraction of sp³-hybridized carbons (Fsp3) is 0.125. The van der Waals surface area contributed by atoms with E-state index in [0.717, 1.165) is 6.20 Å². The van der Waals surface area contributed by atoms with Crippen LogP contribution >= 0.6 is 22.6 Å². The highest BCUT2D eigenvalue weighted by Gasteiger charge is 2.19. The first-order valence-electron chi connectivity index (χ1n) is 3.43. The third-order valence-electron chi connectivity index (χ3n) is 1.52. The van der Waals surface area contributed by atoms with Gasteiger partial charge in [0, 0.05) is 15.3 Å². The van der Waals surface area contributed by atoms with Gasteiger partial charge < -0.3 is 0 Å². The Labute approximate surface area is 91.9 Å². The fourth-order valence-electron chi connectivity index (χ4n) is 0.871. The fourth-order valence-corrected chi connectivity index (χ4v) is 1.53. The minimum absolute atomic E-state index is 0.145. The molecule has 0 amide bonds. The first kappa shape index (κ1) is 11.0. The van der Waals surface area contributed by atoms with Gasteiger partial charge in [-0.3, -0.25) is 9.78 Å². The zero-order valence-corrected chi connectivity index (χ0v) is 8.83. The lowest BCUT2D eigenvalue weighted by molar-refractivity contribution is 0.112. The molecule has 3 nitrogen and oxygen atoms in total. The van der Waals surface area contributed by atoms with Crippen LogP contribution in [-0.4, -0.2) is 11.3 Å². The number of nitrogens with zero attached hydrogens (tertiary/aromatic N) is 2. The molecule has 0 unspecified atom stereocenters. The summed E-state index contributed by atoms with van der Waals surface area (Å²) >= 11 is 1.67. The predicted octanol–water partition coefficient (Wildman–Crippen LogP) is 2.31. The van der Waals surface area contributed by atoms with Gasteiger partial charge in [-0.2, -0.15) is 5.26 Å². The Kier molecular flexibility index (Phi) is 3.46. The van der Waals surface area contributed by atoms with Gasteiger partial charge in [-0.25, -0.2) is 8.78 Å². The number of alkyl halides is 2. The van der Waals surface area contributed by atoms with Crippen molar-refractivity contribution in [3.8, 4) is 6.07 Å². The summed E-state index contributed by atoms with van der Waals surface area (Å²) in [5, 5.41) is 8.62. The molecule has 0 bridgehead atoms. The quantitative estimate of drug-likeness (QED) is 0.622. The van der Waals surface area contributed by atoms with Gasteiger partial charge in [0.1, 0.15) is 11.8 Å². The molecule has 1 heterocycles. The van der Waals surface area contributed by atoms with Crippen molar-refractivity contribution in [2.75, 3.05) is 0 Å². The molecule has 0 radical (unpaired) electrons. The summed E-state index contributed by atoms with van der Waals surface area (Å²) in [5.74, 6) is 0. The van der Waals surface area contributed by atoms with Crippen molar-refractivity contribution in [1.82, 2.24) is 4.98 Å². The Hall–Kier alpha value is -1.10. The standard InChI is InChI=1S/C8H3F2IN2O/c9-8(10)7-5(1-12)6(11)4(3-14)2-13-7/h2-3,8H. The molecule has 14 heavy (non-hydrogen) atoms. The molecule has 0 aliphatic rings. The minimum atomic E-state index is -2.81. The molecule has 1 rings (SSSR count). The molecule has 0 aliphatic heterocycles. The van der Waals surface area contributed by atoms with Gasteiger partial charge in [0.05, 0.1) is 5.56 Å². The maximum absolute atomic E-state index is 12.3. The molecule has 6 heteroatoms. The average molecular weight is 308 g/mol. The van der Waals surface area contributed by atoms with Crippen LogP contribution in [0.4, 0.5) is 8.78 Å². The summed E-state index contributed by atoms with van der Waals surface area (Å²) in [7, 11) is 0. The van der Waals surface area contributed by atoms with E-state index < -0.39 is 12.1 Å². The third kappa shape index (κ3) is 1.87. The Bertz CT molecular complexity index is 415. The minimum Gasteiger partial charge on any atom is -0.298 e. The summed E-state index contributed by atoms with van der Waals surface area (Å²) < 4.78 is 24.9. The van der Waals surface area contributed by atoms with Crippen LogP contribution in [0.1, 0.15) is 28.0 Å². The zero-order valence-electron chi connectivity index (χ0n) is 6.67. The molecule has 0 atom stereocenters. The van der Waals surface area contributed by atoms with Crippen LogP contribution in [0.25, 0.3) is 0 Å². The second kappa shape index (κ2) is 4.41. The largest absolute Gasteiger partial charge is 0.298 e. The van der Waals surface area contributed by atoms with Crippen molar-refractivity contribution in [2.45, 2.75) is 6.43 Å². The predicted molar refractivity (Wildman–Crippen MR) is 52.0 cm³/mol. The van der Waals surface area contributed by atoms with Crippen molar-refractivity contribution in [3.05, 3.63) is 26.6 Å². The van der Waals surface area contributed by atoms with Crippen molar-refractivity contribution < 1.29 is 13.6 Å². The summed E-state index contributed by atoms with van der Waals surface area (Å²) in [5.41, 5.74) is -0.667. The molecule has 0 aromatic carbocycles. The normalized spacial score (nSPS) is 9.93. The maximum Gasteiger partial charge on any atom is 0.281 e. The second-order valence-electron chi connectivity index (χ2n) is 2.32. The van der Waals surface area contributed by atoms with Crippen LogP contribution in [0, 0.1) is 14.9 Å². The van der Waals surface area contributed by atoms with Gasteiger partial charge in [-0.05, 0) is 22.6 Å². The van der Waals surface area contributed by atoms with Crippen LogP contribution in [0.5, 0.6) is 0 Å². The van der Waals surface area contributed by atoms with E-state index in [2.05, 4.69) is 4.98 Å². The number of hydrogen-bond acceptors (Lipinski definition) is 3. The lowest BCUT2D eigenvalue weighted by Gasteiger charge is -2.04. The Morgan fingerprint density at radius 3 is 2.71 bits per heavy atom. The van der Waals surface area contributed by atoms with E-state index in [9.17, 15) is 13.6 Å². The summed E-state index contributed by atoms with van der Waals surface area (Å²) in [6.07, 6.45) is -1.29. The summed E-state index contributed by atoms with van der Waals surface area (Å²) in [6.45, 7) is 0. The van der Waals surface area contributed by atoms with Gasteiger partial charge in [0.25, 0.3) is 6.43 Å². The van der Waals surface area contributed by atoms with E-state index in [4.69, 9.17) is 5.26 Å². The van der Waals surface area contributed by atoms with Crippen LogP contribution in [-0.2, 0) is 0 Å². The molecule has 0 N–H and O–H groups in total. The SMILES string of the molecule is N#Cc1c(C(F)F)ncc(C=O)c1I. The lowest BCUT2D eigenvalue weighted by atomic mass is 10.1.